The van der Waals surface area contributed by atoms with E-state index in [4.69, 9.17) is 4.74 Å². The molecular weight excluding hydrogens is 414 g/mol. The van der Waals surface area contributed by atoms with E-state index in [-0.39, 0.29) is 16.7 Å². The van der Waals surface area contributed by atoms with Crippen LogP contribution in [-0.4, -0.2) is 49.9 Å². The molecule has 0 radical (unpaired) electrons. The van der Waals surface area contributed by atoms with Crippen LogP contribution in [0.5, 0.6) is 5.75 Å². The van der Waals surface area contributed by atoms with Gasteiger partial charge in [0, 0.05) is 12.1 Å². The number of alkyl halides is 1. The van der Waals surface area contributed by atoms with E-state index in [1.807, 2.05) is 0 Å². The number of hydrogen-bond acceptors (Lipinski definition) is 5. The van der Waals surface area contributed by atoms with Crippen LogP contribution in [0.4, 0.5) is 8.78 Å². The highest BCUT2D eigenvalue weighted by molar-refractivity contribution is 5.93. The van der Waals surface area contributed by atoms with E-state index in [1.165, 1.54) is 19.2 Å². The van der Waals surface area contributed by atoms with E-state index in [1.54, 1.807) is 44.2 Å². The van der Waals surface area contributed by atoms with Gasteiger partial charge in [-0.15, -0.1) is 0 Å². The summed E-state index contributed by atoms with van der Waals surface area (Å²) >= 11 is 0. The number of benzene rings is 2. The number of esters is 1. The first kappa shape index (κ1) is 23.7. The van der Waals surface area contributed by atoms with Gasteiger partial charge in [0.2, 0.25) is 0 Å². The van der Waals surface area contributed by atoms with Gasteiger partial charge in [-0.05, 0) is 69.5 Å². The molecule has 7 heteroatoms. The van der Waals surface area contributed by atoms with E-state index < -0.39 is 17.5 Å². The van der Waals surface area contributed by atoms with Gasteiger partial charge in [0.1, 0.15) is 28.9 Å². The Labute approximate surface area is 187 Å². The smallest absolute Gasteiger partial charge is 0.339 e. The monoisotopic (exact) mass is 442 g/mol. The van der Waals surface area contributed by atoms with Crippen molar-refractivity contribution in [2.45, 2.75) is 32.4 Å². The summed E-state index contributed by atoms with van der Waals surface area (Å²) in [6.07, 6.45) is 1.92. The normalized spacial score (nSPS) is 15.2. The third-order valence-corrected chi connectivity index (χ3v) is 5.62. The number of carbonyl (C=O) groups excluding carboxylic acids is 1. The Bertz CT molecular complexity index is 986. The number of ether oxygens (including phenoxy) is 2. The average molecular weight is 443 g/mol. The van der Waals surface area contributed by atoms with Gasteiger partial charge < -0.3 is 14.4 Å². The molecule has 0 saturated carbocycles. The topological polar surface area (TPSA) is 62.6 Å². The number of halogens is 2. The van der Waals surface area contributed by atoms with Crippen molar-refractivity contribution in [2.24, 2.45) is 5.92 Å². The first-order valence-corrected chi connectivity index (χ1v) is 10.7. The summed E-state index contributed by atoms with van der Waals surface area (Å²) in [5.74, 6) is -0.425. The predicted octanol–water partition coefficient (Wildman–Crippen LogP) is 4.99. The van der Waals surface area contributed by atoms with E-state index >= 15 is 0 Å². The molecule has 0 N–H and O–H groups in total. The molecule has 5 nitrogen and oxygen atoms in total. The minimum Gasteiger partial charge on any atom is -0.493 e. The van der Waals surface area contributed by atoms with Crippen LogP contribution in [0.1, 0.15) is 42.6 Å². The van der Waals surface area contributed by atoms with Crippen LogP contribution in [0, 0.1) is 23.1 Å². The molecule has 1 heterocycles. The van der Waals surface area contributed by atoms with E-state index in [0.717, 1.165) is 25.9 Å². The SMILES string of the molecule is COC(=O)c1ccc(-c2ccc(OCC3CCN(CC(C)(C)F)CC3)cc2)c(F)c1C#N. The highest BCUT2D eigenvalue weighted by Gasteiger charge is 2.25. The summed E-state index contributed by atoms with van der Waals surface area (Å²) in [5.41, 5.74) is -0.818. The lowest BCUT2D eigenvalue weighted by Gasteiger charge is -2.34. The fourth-order valence-electron chi connectivity index (χ4n) is 3.98. The molecule has 0 spiro atoms. The molecule has 0 unspecified atom stereocenters. The molecule has 0 aromatic heterocycles. The molecule has 32 heavy (non-hydrogen) atoms. The molecule has 1 aliphatic heterocycles. The van der Waals surface area contributed by atoms with Gasteiger partial charge in [-0.1, -0.05) is 18.2 Å². The number of nitriles is 1. The van der Waals surface area contributed by atoms with Crippen LogP contribution in [0.25, 0.3) is 11.1 Å². The maximum Gasteiger partial charge on any atom is 0.339 e. The third-order valence-electron chi connectivity index (χ3n) is 5.62. The molecule has 0 amide bonds. The second kappa shape index (κ2) is 10.1. The lowest BCUT2D eigenvalue weighted by Crippen LogP contribution is -2.41. The number of rotatable bonds is 7. The first-order valence-electron chi connectivity index (χ1n) is 10.7. The van der Waals surface area contributed by atoms with Crippen LogP contribution in [0.15, 0.2) is 36.4 Å². The maximum atomic E-state index is 14.9. The van der Waals surface area contributed by atoms with Crippen LogP contribution in [-0.2, 0) is 4.74 Å². The van der Waals surface area contributed by atoms with Gasteiger partial charge in [-0.3, -0.25) is 0 Å². The zero-order valence-corrected chi connectivity index (χ0v) is 18.7. The maximum absolute atomic E-state index is 14.9. The molecule has 1 saturated heterocycles. The Kier molecular flexibility index (Phi) is 7.47. The lowest BCUT2D eigenvalue weighted by atomic mass is 9.96. The van der Waals surface area contributed by atoms with Crippen molar-refractivity contribution in [2.75, 3.05) is 33.4 Å². The molecule has 1 aliphatic rings. The second-order valence-electron chi connectivity index (χ2n) is 8.73. The fraction of sp³-hybridized carbons (Fsp3) is 0.440. The van der Waals surface area contributed by atoms with Crippen molar-refractivity contribution < 1.29 is 23.0 Å². The van der Waals surface area contributed by atoms with E-state index in [2.05, 4.69) is 9.64 Å². The van der Waals surface area contributed by atoms with Gasteiger partial charge >= 0.3 is 5.97 Å². The van der Waals surface area contributed by atoms with E-state index in [9.17, 15) is 18.8 Å². The molecule has 170 valence electrons. The minimum absolute atomic E-state index is 0.0997. The molecule has 0 bridgehead atoms. The molecule has 2 aromatic carbocycles. The van der Waals surface area contributed by atoms with Gasteiger partial charge in [-0.25, -0.2) is 13.6 Å². The minimum atomic E-state index is -1.18. The zero-order valence-electron chi connectivity index (χ0n) is 18.7. The number of nitrogens with zero attached hydrogens (tertiary/aromatic N) is 2. The molecular formula is C25H28F2N2O3. The van der Waals surface area contributed by atoms with Gasteiger partial charge in [0.05, 0.1) is 19.3 Å². The molecule has 0 aliphatic carbocycles. The highest BCUT2D eigenvalue weighted by atomic mass is 19.1. The summed E-state index contributed by atoms with van der Waals surface area (Å²) in [7, 11) is 1.18. The molecule has 0 atom stereocenters. The van der Waals surface area contributed by atoms with Crippen molar-refractivity contribution in [1.29, 1.82) is 5.26 Å². The first-order chi connectivity index (χ1) is 15.2. The molecule has 1 fully saturated rings. The van der Waals surface area contributed by atoms with Crippen LogP contribution >= 0.6 is 0 Å². The summed E-state index contributed by atoms with van der Waals surface area (Å²) in [5, 5.41) is 9.29. The Hall–Kier alpha value is -2.98. The Morgan fingerprint density at radius 1 is 1.19 bits per heavy atom. The summed E-state index contributed by atoms with van der Waals surface area (Å²) < 4.78 is 39.2. The second-order valence-corrected chi connectivity index (χ2v) is 8.73. The van der Waals surface area contributed by atoms with Gasteiger partial charge in [0.15, 0.2) is 0 Å². The van der Waals surface area contributed by atoms with Crippen LogP contribution in [0.3, 0.4) is 0 Å². The van der Waals surface area contributed by atoms with Crippen molar-refractivity contribution in [3.8, 4) is 22.9 Å². The lowest BCUT2D eigenvalue weighted by molar-refractivity contribution is 0.0599. The van der Waals surface area contributed by atoms with Crippen molar-refractivity contribution in [3.63, 3.8) is 0 Å². The highest BCUT2D eigenvalue weighted by Crippen LogP contribution is 2.29. The van der Waals surface area contributed by atoms with Gasteiger partial charge in [-0.2, -0.15) is 5.26 Å². The Balaban J connectivity index is 1.61. The van der Waals surface area contributed by atoms with E-state index in [0.29, 0.717) is 30.4 Å². The fourth-order valence-corrected chi connectivity index (χ4v) is 3.98. The molecule has 3 rings (SSSR count). The van der Waals surface area contributed by atoms with Crippen molar-refractivity contribution in [3.05, 3.63) is 53.3 Å². The van der Waals surface area contributed by atoms with Crippen LogP contribution in [0.2, 0.25) is 0 Å². The predicted molar refractivity (Wildman–Crippen MR) is 118 cm³/mol. The van der Waals surface area contributed by atoms with Crippen molar-refractivity contribution >= 4 is 5.97 Å². The Morgan fingerprint density at radius 3 is 2.41 bits per heavy atom. The standard InChI is InChI=1S/C25H28F2N2O3/c1-25(2,27)16-29-12-10-17(11-13-29)15-32-19-6-4-18(5-7-19)20-8-9-21(24(30)31-3)22(14-28)23(20)26/h4-9,17H,10-13,15-16H2,1-3H3. The van der Waals surface area contributed by atoms with Gasteiger partial charge in [0.25, 0.3) is 0 Å². The average Bonchev–Trinajstić information content (AvgIpc) is 2.77. The van der Waals surface area contributed by atoms with Crippen LogP contribution < -0.4 is 4.74 Å². The van der Waals surface area contributed by atoms with Crippen molar-refractivity contribution in [1.82, 2.24) is 4.90 Å². The number of piperidine rings is 1. The summed E-state index contributed by atoms with van der Waals surface area (Å²) in [4.78, 5) is 13.9. The number of likely N-dealkylation sites (tertiary alicyclic amines) is 1. The largest absolute Gasteiger partial charge is 0.493 e. The third kappa shape index (κ3) is 5.83. The Morgan fingerprint density at radius 2 is 1.84 bits per heavy atom. The summed E-state index contributed by atoms with van der Waals surface area (Å²) in [6, 6.07) is 11.6. The number of methoxy groups -OCH3 is 1. The number of hydrogen-bond donors (Lipinski definition) is 0. The molecule has 2 aromatic rings. The number of carbonyl (C=O) groups is 1. The summed E-state index contributed by atoms with van der Waals surface area (Å²) in [6.45, 7) is 5.96. The quantitative estimate of drug-likeness (QED) is 0.566. The zero-order chi connectivity index (χ0) is 23.3.